The first kappa shape index (κ1) is 13.5. The molecule has 0 aromatic heterocycles. The summed E-state index contributed by atoms with van der Waals surface area (Å²) in [4.78, 5) is 0. The van der Waals surface area contributed by atoms with E-state index in [-0.39, 0.29) is 0 Å². The molecular weight excluding hydrogens is 242 g/mol. The third-order valence-electron chi connectivity index (χ3n) is 5.09. The van der Waals surface area contributed by atoms with Gasteiger partial charge in [0.25, 0.3) is 0 Å². The zero-order chi connectivity index (χ0) is 14.2. The highest BCUT2D eigenvalue weighted by Crippen LogP contribution is 2.50. The molecule has 0 spiro atoms. The summed E-state index contributed by atoms with van der Waals surface area (Å²) in [6, 6.07) is 8.86. The Bertz CT molecular complexity index is 519. The van der Waals surface area contributed by atoms with Gasteiger partial charge in [0, 0.05) is 16.8 Å². The van der Waals surface area contributed by atoms with Crippen LogP contribution in [0.3, 0.4) is 0 Å². The lowest BCUT2D eigenvalue weighted by molar-refractivity contribution is 0.625. The number of rotatable bonds is 5. The largest absolute Gasteiger partial charge is 0.359 e. The topological polar surface area (TPSA) is 12.0 Å². The van der Waals surface area contributed by atoms with Gasteiger partial charge in [0.15, 0.2) is 0 Å². The Hall–Kier alpha value is -1.50. The Morgan fingerprint density at radius 2 is 2.00 bits per heavy atom. The molecule has 0 aliphatic heterocycles. The van der Waals surface area contributed by atoms with Crippen molar-refractivity contribution in [2.45, 2.75) is 45.4 Å². The van der Waals surface area contributed by atoms with E-state index in [1.54, 1.807) is 0 Å². The zero-order valence-corrected chi connectivity index (χ0v) is 12.5. The van der Waals surface area contributed by atoms with E-state index in [0.29, 0.717) is 11.3 Å². The molecule has 0 bridgehead atoms. The van der Waals surface area contributed by atoms with E-state index in [9.17, 15) is 0 Å². The highest BCUT2D eigenvalue weighted by atomic mass is 14.9. The minimum Gasteiger partial charge on any atom is -0.359 e. The highest BCUT2D eigenvalue weighted by Gasteiger charge is 2.40. The number of hydrogen-bond donors (Lipinski definition) is 1. The van der Waals surface area contributed by atoms with Crippen molar-refractivity contribution in [3.8, 4) is 0 Å². The average Bonchev–Trinajstić information content (AvgIpc) is 3.07. The fourth-order valence-corrected chi connectivity index (χ4v) is 3.05. The van der Waals surface area contributed by atoms with Crippen LogP contribution in [0.25, 0.3) is 0 Å². The zero-order valence-electron chi connectivity index (χ0n) is 12.5. The molecular formula is C19H25N. The molecule has 0 amide bonds. The summed E-state index contributed by atoms with van der Waals surface area (Å²) in [5, 5.41) is 3.46. The third kappa shape index (κ3) is 2.82. The summed E-state index contributed by atoms with van der Waals surface area (Å²) in [5.41, 5.74) is 5.53. The Balaban J connectivity index is 1.59. The van der Waals surface area contributed by atoms with E-state index in [1.807, 2.05) is 0 Å². The summed E-state index contributed by atoms with van der Waals surface area (Å²) in [6.07, 6.45) is 7.54. The second-order valence-corrected chi connectivity index (χ2v) is 6.81. The second-order valence-electron chi connectivity index (χ2n) is 6.81. The van der Waals surface area contributed by atoms with Crippen LogP contribution < -0.4 is 5.32 Å². The molecule has 1 aromatic rings. The van der Waals surface area contributed by atoms with Gasteiger partial charge < -0.3 is 5.32 Å². The van der Waals surface area contributed by atoms with Crippen LogP contribution in [0.2, 0.25) is 0 Å². The summed E-state index contributed by atoms with van der Waals surface area (Å²) in [7, 11) is 0. The summed E-state index contributed by atoms with van der Waals surface area (Å²) in [5.74, 6) is 0.703. The molecule has 2 aliphatic carbocycles. The maximum atomic E-state index is 4.20. The van der Waals surface area contributed by atoms with Crippen molar-refractivity contribution in [1.82, 2.24) is 0 Å². The van der Waals surface area contributed by atoms with E-state index in [1.165, 1.54) is 43.2 Å². The molecule has 0 saturated heterocycles. The molecule has 2 saturated carbocycles. The van der Waals surface area contributed by atoms with Crippen molar-refractivity contribution in [2.24, 2.45) is 11.3 Å². The van der Waals surface area contributed by atoms with Crippen LogP contribution in [0.5, 0.6) is 0 Å². The van der Waals surface area contributed by atoms with Crippen molar-refractivity contribution >= 4 is 5.69 Å². The SMILES string of the molecule is C=C1CCCC1Cc1ccc(NC(=C)C2(C)CC2)cc1. The molecule has 3 rings (SSSR count). The van der Waals surface area contributed by atoms with E-state index in [2.05, 4.69) is 49.7 Å². The smallest absolute Gasteiger partial charge is 0.0381 e. The van der Waals surface area contributed by atoms with Gasteiger partial charge in [-0.1, -0.05) is 37.8 Å². The Morgan fingerprint density at radius 1 is 1.30 bits per heavy atom. The fraction of sp³-hybridized carbons (Fsp3) is 0.474. The molecule has 2 fully saturated rings. The first-order valence-electron chi connectivity index (χ1n) is 7.80. The van der Waals surface area contributed by atoms with Crippen molar-refractivity contribution in [3.63, 3.8) is 0 Å². The predicted molar refractivity (Wildman–Crippen MR) is 86.7 cm³/mol. The molecule has 1 heteroatoms. The maximum Gasteiger partial charge on any atom is 0.0381 e. The van der Waals surface area contributed by atoms with Gasteiger partial charge in [0.1, 0.15) is 0 Å². The predicted octanol–water partition coefficient (Wildman–Crippen LogP) is 5.31. The van der Waals surface area contributed by atoms with Gasteiger partial charge in [-0.15, -0.1) is 0 Å². The number of allylic oxidation sites excluding steroid dienone is 2. The van der Waals surface area contributed by atoms with Crippen LogP contribution in [0.1, 0.15) is 44.6 Å². The van der Waals surface area contributed by atoms with E-state index >= 15 is 0 Å². The number of benzene rings is 1. The van der Waals surface area contributed by atoms with Crippen LogP contribution >= 0.6 is 0 Å². The standard InChI is InChI=1S/C19H25N/c1-14-5-4-6-17(14)13-16-7-9-18(10-8-16)20-15(2)19(3)11-12-19/h7-10,17,20H,1-2,4-6,11-13H2,3H3. The van der Waals surface area contributed by atoms with Gasteiger partial charge in [-0.3, -0.25) is 0 Å². The first-order valence-corrected chi connectivity index (χ1v) is 7.80. The second kappa shape index (κ2) is 5.12. The van der Waals surface area contributed by atoms with Crippen LogP contribution in [-0.2, 0) is 6.42 Å². The minimum absolute atomic E-state index is 0.334. The van der Waals surface area contributed by atoms with Gasteiger partial charge in [-0.25, -0.2) is 0 Å². The summed E-state index contributed by atoms with van der Waals surface area (Å²) >= 11 is 0. The minimum atomic E-state index is 0.334. The van der Waals surface area contributed by atoms with Gasteiger partial charge in [-0.05, 0) is 62.1 Å². The van der Waals surface area contributed by atoms with Gasteiger partial charge in [0.05, 0.1) is 0 Å². The van der Waals surface area contributed by atoms with Crippen molar-refractivity contribution in [3.05, 3.63) is 54.3 Å². The molecule has 1 unspecified atom stereocenters. The highest BCUT2D eigenvalue weighted by molar-refractivity contribution is 5.50. The van der Waals surface area contributed by atoms with Gasteiger partial charge >= 0.3 is 0 Å². The Morgan fingerprint density at radius 3 is 2.55 bits per heavy atom. The molecule has 1 aromatic carbocycles. The number of anilines is 1. The van der Waals surface area contributed by atoms with E-state index < -0.39 is 0 Å². The normalized spacial score (nSPS) is 23.6. The lowest BCUT2D eigenvalue weighted by Gasteiger charge is -2.16. The Kier molecular flexibility index (Phi) is 3.45. The van der Waals surface area contributed by atoms with Gasteiger partial charge in [0.2, 0.25) is 0 Å². The average molecular weight is 267 g/mol. The molecule has 106 valence electrons. The van der Waals surface area contributed by atoms with Crippen LogP contribution in [0.4, 0.5) is 5.69 Å². The lowest BCUT2D eigenvalue weighted by Crippen LogP contribution is -2.08. The molecule has 1 atom stereocenters. The number of hydrogen-bond acceptors (Lipinski definition) is 1. The molecule has 0 heterocycles. The molecule has 1 nitrogen and oxygen atoms in total. The monoisotopic (exact) mass is 267 g/mol. The Labute approximate surface area is 122 Å². The molecule has 1 N–H and O–H groups in total. The lowest BCUT2D eigenvalue weighted by atomic mass is 9.95. The van der Waals surface area contributed by atoms with Crippen LogP contribution in [-0.4, -0.2) is 0 Å². The molecule has 2 aliphatic rings. The molecule has 20 heavy (non-hydrogen) atoms. The van der Waals surface area contributed by atoms with E-state index in [0.717, 1.165) is 17.8 Å². The van der Waals surface area contributed by atoms with Gasteiger partial charge in [-0.2, -0.15) is 0 Å². The van der Waals surface area contributed by atoms with Crippen LogP contribution in [0.15, 0.2) is 48.7 Å². The first-order chi connectivity index (χ1) is 9.57. The van der Waals surface area contributed by atoms with Crippen molar-refractivity contribution in [1.29, 1.82) is 0 Å². The fourth-order valence-electron chi connectivity index (χ4n) is 3.05. The molecule has 0 radical (unpaired) electrons. The number of nitrogens with one attached hydrogen (secondary N) is 1. The quantitative estimate of drug-likeness (QED) is 0.713. The maximum absolute atomic E-state index is 4.20. The van der Waals surface area contributed by atoms with Crippen molar-refractivity contribution < 1.29 is 0 Å². The third-order valence-corrected chi connectivity index (χ3v) is 5.09. The van der Waals surface area contributed by atoms with Crippen molar-refractivity contribution in [2.75, 3.05) is 5.32 Å². The van der Waals surface area contributed by atoms with Crippen LogP contribution in [0, 0.1) is 11.3 Å². The summed E-state index contributed by atoms with van der Waals surface area (Å²) < 4.78 is 0. The van der Waals surface area contributed by atoms with E-state index in [4.69, 9.17) is 0 Å². The summed E-state index contributed by atoms with van der Waals surface area (Å²) in [6.45, 7) is 10.7.